The van der Waals surface area contributed by atoms with Crippen LogP contribution in [0.15, 0.2) is 55.0 Å². The minimum absolute atomic E-state index is 0.321. The summed E-state index contributed by atoms with van der Waals surface area (Å²) in [6.45, 7) is 1.47. The largest absolute Gasteiger partial charge is 0.394 e. The molecule has 1 aliphatic rings. The fourth-order valence-corrected chi connectivity index (χ4v) is 5.59. The molecule has 0 radical (unpaired) electrons. The lowest BCUT2D eigenvalue weighted by atomic mass is 9.92. The van der Waals surface area contributed by atoms with Gasteiger partial charge in [0.15, 0.2) is 5.82 Å². The second-order valence-corrected chi connectivity index (χ2v) is 10.4. The topological polar surface area (TPSA) is 144 Å². The molecule has 3 N–H and O–H groups in total. The Morgan fingerprint density at radius 1 is 1.11 bits per heavy atom. The van der Waals surface area contributed by atoms with E-state index in [2.05, 4.69) is 25.4 Å². The fraction of sp³-hybridized carbons (Fsp3) is 0.292. The van der Waals surface area contributed by atoms with Gasteiger partial charge in [0.2, 0.25) is 0 Å². The molecular weight excluding hydrogens is 518 g/mol. The van der Waals surface area contributed by atoms with Gasteiger partial charge in [-0.05, 0) is 37.3 Å². The maximum absolute atomic E-state index is 11.4. The molecule has 5 aromatic rings. The van der Waals surface area contributed by atoms with Crippen molar-refractivity contribution in [3.05, 3.63) is 70.8 Å². The van der Waals surface area contributed by atoms with E-state index in [0.29, 0.717) is 22.2 Å². The van der Waals surface area contributed by atoms with Crippen molar-refractivity contribution in [2.24, 2.45) is 0 Å². The summed E-state index contributed by atoms with van der Waals surface area (Å²) in [4.78, 5) is 8.86. The van der Waals surface area contributed by atoms with Crippen molar-refractivity contribution in [2.75, 3.05) is 6.61 Å². The van der Waals surface area contributed by atoms with Gasteiger partial charge in [-0.3, -0.25) is 0 Å². The lowest BCUT2D eigenvalue weighted by molar-refractivity contribution is -0.210. The average molecular weight is 540 g/mol. The highest BCUT2D eigenvalue weighted by molar-refractivity contribution is 7.18. The van der Waals surface area contributed by atoms with E-state index in [-0.39, 0.29) is 0 Å². The van der Waals surface area contributed by atoms with Crippen molar-refractivity contribution < 1.29 is 20.1 Å². The van der Waals surface area contributed by atoms with Crippen molar-refractivity contribution in [1.29, 1.82) is 0 Å². The zero-order chi connectivity index (χ0) is 25.7. The van der Waals surface area contributed by atoms with Gasteiger partial charge in [-0.15, -0.1) is 16.4 Å². The molecule has 0 amide bonds. The van der Waals surface area contributed by atoms with Crippen molar-refractivity contribution in [3.8, 4) is 16.9 Å². The molecule has 5 atom stereocenters. The number of aliphatic hydroxyl groups is 3. The van der Waals surface area contributed by atoms with E-state index in [0.717, 1.165) is 20.8 Å². The number of rotatable bonds is 5. The number of hydrogen-bond donors (Lipinski definition) is 3. The van der Waals surface area contributed by atoms with E-state index in [1.54, 1.807) is 46.5 Å². The molecule has 0 aliphatic carbocycles. The second kappa shape index (κ2) is 9.56. The number of aromatic nitrogens is 7. The van der Waals surface area contributed by atoms with Crippen LogP contribution in [0.25, 0.3) is 27.2 Å². The number of halogens is 1. The predicted molar refractivity (Wildman–Crippen MR) is 135 cm³/mol. The summed E-state index contributed by atoms with van der Waals surface area (Å²) >= 11 is 7.55. The molecule has 0 saturated carbocycles. The molecule has 3 aromatic heterocycles. The summed E-state index contributed by atoms with van der Waals surface area (Å²) in [6, 6.07) is 11.8. The minimum Gasteiger partial charge on any atom is -0.394 e. The monoisotopic (exact) mass is 539 g/mol. The maximum Gasteiger partial charge on any atom is 0.163 e. The number of aliphatic hydroxyl groups excluding tert-OH is 3. The minimum atomic E-state index is -1.28. The first-order chi connectivity index (χ1) is 17.9. The third-order valence-electron chi connectivity index (χ3n) is 6.40. The Morgan fingerprint density at radius 2 is 1.92 bits per heavy atom. The smallest absolute Gasteiger partial charge is 0.163 e. The Morgan fingerprint density at radius 3 is 2.70 bits per heavy atom. The van der Waals surface area contributed by atoms with Gasteiger partial charge in [0.1, 0.15) is 42.5 Å². The van der Waals surface area contributed by atoms with E-state index in [9.17, 15) is 15.3 Å². The van der Waals surface area contributed by atoms with Gasteiger partial charge in [0.25, 0.3) is 0 Å². The molecule has 0 spiro atoms. The van der Waals surface area contributed by atoms with Crippen molar-refractivity contribution in [2.45, 2.75) is 37.4 Å². The second-order valence-electron chi connectivity index (χ2n) is 8.76. The van der Waals surface area contributed by atoms with Gasteiger partial charge in [0.05, 0.1) is 33.7 Å². The Bertz CT molecular complexity index is 1550. The van der Waals surface area contributed by atoms with Crippen LogP contribution in [0.5, 0.6) is 0 Å². The number of nitrogens with zero attached hydrogens (tertiary/aromatic N) is 7. The third kappa shape index (κ3) is 4.31. The zero-order valence-electron chi connectivity index (χ0n) is 19.5. The van der Waals surface area contributed by atoms with Gasteiger partial charge < -0.3 is 20.1 Å². The molecule has 11 nitrogen and oxygen atoms in total. The highest BCUT2D eigenvalue weighted by atomic mass is 35.5. The highest BCUT2D eigenvalue weighted by Gasteiger charge is 2.48. The molecular formula is C24H22ClN7O4S. The Kier molecular flexibility index (Phi) is 6.23. The van der Waals surface area contributed by atoms with Crippen LogP contribution in [0.1, 0.15) is 23.0 Å². The first-order valence-electron chi connectivity index (χ1n) is 11.5. The molecule has 13 heteroatoms. The standard InChI is InChI=1S/C24H22ClN7O4S/c1-12-28-16-7-6-15(8-19(16)37-12)32-24(26-11-27-32)23-22(35)20(21(34)18(10-33)36-23)31-9-17(29-30-31)13-2-4-14(25)5-3-13/h2-9,11,18,20-23,33-35H,10H2,1H3/t18-,20+,21+,22-,23-/m1/s1. The molecule has 6 rings (SSSR count). The van der Waals surface area contributed by atoms with Crippen LogP contribution in [0, 0.1) is 6.92 Å². The van der Waals surface area contributed by atoms with Crippen molar-refractivity contribution >= 4 is 33.2 Å². The van der Waals surface area contributed by atoms with E-state index in [1.165, 1.54) is 11.0 Å². The van der Waals surface area contributed by atoms with E-state index >= 15 is 0 Å². The molecule has 1 aliphatic heterocycles. The first-order valence-corrected chi connectivity index (χ1v) is 12.7. The molecule has 4 heterocycles. The lowest BCUT2D eigenvalue weighted by Crippen LogP contribution is -2.53. The number of fused-ring (bicyclic) bond motifs is 1. The summed E-state index contributed by atoms with van der Waals surface area (Å²) < 4.78 is 9.91. The van der Waals surface area contributed by atoms with Gasteiger partial charge in [-0.25, -0.2) is 19.3 Å². The molecule has 0 unspecified atom stereocenters. The van der Waals surface area contributed by atoms with Crippen LogP contribution >= 0.6 is 22.9 Å². The van der Waals surface area contributed by atoms with Crippen LogP contribution in [-0.4, -0.2) is 75.0 Å². The van der Waals surface area contributed by atoms with Crippen LogP contribution in [-0.2, 0) is 4.74 Å². The van der Waals surface area contributed by atoms with Crippen LogP contribution in [0.3, 0.4) is 0 Å². The molecule has 0 bridgehead atoms. The van der Waals surface area contributed by atoms with Crippen molar-refractivity contribution in [1.82, 2.24) is 34.7 Å². The SMILES string of the molecule is Cc1nc2ccc(-n3ncnc3[C@@H]3O[C@H](CO)[C@H](O)[C@H](n4cc(-c5ccc(Cl)cc5)nn4)[C@H]3O)cc2s1. The van der Waals surface area contributed by atoms with Crippen LogP contribution < -0.4 is 0 Å². The maximum atomic E-state index is 11.4. The quantitative estimate of drug-likeness (QED) is 0.307. The summed E-state index contributed by atoms with van der Waals surface area (Å²) in [5.74, 6) is 0.321. The summed E-state index contributed by atoms with van der Waals surface area (Å²) in [6.07, 6.45) is -1.57. The van der Waals surface area contributed by atoms with E-state index in [4.69, 9.17) is 16.3 Å². The zero-order valence-corrected chi connectivity index (χ0v) is 21.0. The lowest BCUT2D eigenvalue weighted by Gasteiger charge is -2.41. The van der Waals surface area contributed by atoms with E-state index < -0.39 is 37.1 Å². The first kappa shape index (κ1) is 24.1. The number of hydrogen-bond acceptors (Lipinski definition) is 10. The molecule has 1 saturated heterocycles. The van der Waals surface area contributed by atoms with Gasteiger partial charge >= 0.3 is 0 Å². The summed E-state index contributed by atoms with van der Waals surface area (Å²) in [7, 11) is 0. The number of benzene rings is 2. The Balaban J connectivity index is 1.36. The number of thiazole rings is 1. The van der Waals surface area contributed by atoms with Gasteiger partial charge in [0, 0.05) is 10.6 Å². The molecule has 190 valence electrons. The average Bonchev–Trinajstić information content (AvgIpc) is 3.64. The van der Waals surface area contributed by atoms with Crippen LogP contribution in [0.4, 0.5) is 0 Å². The highest BCUT2D eigenvalue weighted by Crippen LogP contribution is 2.38. The number of ether oxygens (including phenoxy) is 1. The predicted octanol–water partition coefficient (Wildman–Crippen LogP) is 2.49. The Hall–Kier alpha value is -3.26. The summed E-state index contributed by atoms with van der Waals surface area (Å²) in [5.41, 5.74) is 2.91. The normalized spacial score (nSPS) is 24.1. The van der Waals surface area contributed by atoms with Gasteiger partial charge in [-0.2, -0.15) is 5.10 Å². The van der Waals surface area contributed by atoms with Crippen molar-refractivity contribution in [3.63, 3.8) is 0 Å². The third-order valence-corrected chi connectivity index (χ3v) is 7.59. The summed E-state index contributed by atoms with van der Waals surface area (Å²) in [5, 5.41) is 46.7. The molecule has 2 aromatic carbocycles. The molecule has 1 fully saturated rings. The van der Waals surface area contributed by atoms with Crippen LogP contribution in [0.2, 0.25) is 5.02 Å². The van der Waals surface area contributed by atoms with Gasteiger partial charge in [-0.1, -0.05) is 28.9 Å². The number of aryl methyl sites for hydroxylation is 1. The fourth-order valence-electron chi connectivity index (χ4n) is 4.61. The van der Waals surface area contributed by atoms with E-state index in [1.807, 2.05) is 25.1 Å². The Labute approximate surface area is 219 Å². The molecule has 37 heavy (non-hydrogen) atoms.